The molecular weight excluding hydrogens is 377 g/mol. The van der Waals surface area contributed by atoms with E-state index in [4.69, 9.17) is 9.39 Å². The van der Waals surface area contributed by atoms with Crippen LogP contribution in [0.1, 0.15) is 21.5 Å². The number of phenolic OH excluding ortho intramolecular Hbond substituents is 1. The number of carboxylic acid groups (broad SMARTS) is 1. The summed E-state index contributed by atoms with van der Waals surface area (Å²) < 4.78 is 11.2. The van der Waals surface area contributed by atoms with Crippen LogP contribution in [0.4, 0.5) is 0 Å². The molecule has 1 amide bonds. The fourth-order valence-corrected chi connectivity index (χ4v) is 3.51. The monoisotopic (exact) mass is 397 g/mol. The van der Waals surface area contributed by atoms with Crippen molar-refractivity contribution in [3.63, 3.8) is 0 Å². The van der Waals surface area contributed by atoms with E-state index >= 15 is 0 Å². The van der Waals surface area contributed by atoms with Gasteiger partial charge in [-0.15, -0.1) is 0 Å². The van der Waals surface area contributed by atoms with Crippen molar-refractivity contribution in [2.45, 2.75) is 25.3 Å². The molecule has 150 valence electrons. The summed E-state index contributed by atoms with van der Waals surface area (Å²) in [7, 11) is -1.03. The Morgan fingerprint density at radius 2 is 1.90 bits per heavy atom. The van der Waals surface area contributed by atoms with Gasteiger partial charge in [0.2, 0.25) is 5.91 Å². The standard InChI is InChI=1S/C20H20BNO7/c23-14-4-1-12(2-5-14)9-17(24)22-10-15(11-22)28-16-6-3-13-7-8-21(27)29-19(13)18(16)20(25)26/h1-6,15,23,27H,7-11H2,(H,25,26). The summed E-state index contributed by atoms with van der Waals surface area (Å²) in [6, 6.07) is 9.81. The highest BCUT2D eigenvalue weighted by Crippen LogP contribution is 2.37. The van der Waals surface area contributed by atoms with Crippen LogP contribution in [-0.4, -0.2) is 58.3 Å². The normalized spacial score (nSPS) is 15.9. The molecule has 2 aromatic rings. The lowest BCUT2D eigenvalue weighted by Gasteiger charge is -2.39. The minimum absolute atomic E-state index is 0.0640. The van der Waals surface area contributed by atoms with E-state index in [0.29, 0.717) is 25.8 Å². The average molecular weight is 397 g/mol. The first-order valence-electron chi connectivity index (χ1n) is 9.37. The second kappa shape index (κ2) is 7.67. The summed E-state index contributed by atoms with van der Waals surface area (Å²) in [6.07, 6.45) is 0.841. The van der Waals surface area contributed by atoms with Crippen molar-refractivity contribution in [2.75, 3.05) is 13.1 Å². The van der Waals surface area contributed by atoms with Crippen LogP contribution < -0.4 is 9.39 Å². The number of likely N-dealkylation sites (tertiary alicyclic amines) is 1. The fraction of sp³-hybridized carbons (Fsp3) is 0.300. The van der Waals surface area contributed by atoms with Gasteiger partial charge in [-0.1, -0.05) is 18.2 Å². The van der Waals surface area contributed by atoms with Crippen LogP contribution in [0.5, 0.6) is 17.2 Å². The first kappa shape index (κ1) is 19.1. The van der Waals surface area contributed by atoms with E-state index in [9.17, 15) is 24.8 Å². The molecule has 0 spiro atoms. The molecule has 1 fully saturated rings. The summed E-state index contributed by atoms with van der Waals surface area (Å²) in [5.41, 5.74) is 1.42. The van der Waals surface area contributed by atoms with Crippen molar-refractivity contribution in [1.29, 1.82) is 0 Å². The highest BCUT2D eigenvalue weighted by atomic mass is 16.5. The van der Waals surface area contributed by atoms with Gasteiger partial charge in [0.25, 0.3) is 0 Å². The van der Waals surface area contributed by atoms with E-state index in [2.05, 4.69) is 0 Å². The number of ether oxygens (including phenoxy) is 1. The average Bonchev–Trinajstić information content (AvgIpc) is 2.65. The van der Waals surface area contributed by atoms with E-state index < -0.39 is 13.1 Å². The van der Waals surface area contributed by atoms with Crippen LogP contribution >= 0.6 is 0 Å². The maximum Gasteiger partial charge on any atom is 0.522 e. The smallest absolute Gasteiger partial charge is 0.522 e. The van der Waals surface area contributed by atoms with Gasteiger partial charge < -0.3 is 29.5 Å². The molecule has 4 rings (SSSR count). The molecule has 0 unspecified atom stereocenters. The van der Waals surface area contributed by atoms with Crippen LogP contribution in [0.2, 0.25) is 6.32 Å². The summed E-state index contributed by atoms with van der Waals surface area (Å²) in [6.45, 7) is 0.715. The predicted molar refractivity (Wildman–Crippen MR) is 103 cm³/mol. The zero-order chi connectivity index (χ0) is 20.5. The molecule has 2 aliphatic rings. The van der Waals surface area contributed by atoms with Crippen LogP contribution in [0.25, 0.3) is 0 Å². The zero-order valence-corrected chi connectivity index (χ0v) is 15.6. The third-order valence-corrected chi connectivity index (χ3v) is 5.12. The minimum Gasteiger partial charge on any atom is -0.535 e. The molecule has 0 atom stereocenters. The first-order chi connectivity index (χ1) is 13.9. The van der Waals surface area contributed by atoms with Crippen molar-refractivity contribution in [1.82, 2.24) is 4.90 Å². The molecule has 1 saturated heterocycles. The Bertz CT molecular complexity index is 941. The number of nitrogens with zero attached hydrogens (tertiary/aromatic N) is 1. The Morgan fingerprint density at radius 3 is 2.59 bits per heavy atom. The Balaban J connectivity index is 1.40. The van der Waals surface area contributed by atoms with Gasteiger partial charge in [0.05, 0.1) is 19.5 Å². The van der Waals surface area contributed by atoms with Crippen molar-refractivity contribution in [3.8, 4) is 17.2 Å². The van der Waals surface area contributed by atoms with Gasteiger partial charge in [-0.25, -0.2) is 4.79 Å². The molecule has 2 heterocycles. The Labute approximate surface area is 167 Å². The number of rotatable bonds is 5. The van der Waals surface area contributed by atoms with Crippen LogP contribution in [0.15, 0.2) is 36.4 Å². The molecule has 0 radical (unpaired) electrons. The topological polar surface area (TPSA) is 117 Å². The number of hydrogen-bond donors (Lipinski definition) is 3. The van der Waals surface area contributed by atoms with Crippen molar-refractivity contribution in [3.05, 3.63) is 53.1 Å². The van der Waals surface area contributed by atoms with Crippen LogP contribution in [0.3, 0.4) is 0 Å². The lowest BCUT2D eigenvalue weighted by molar-refractivity contribution is -0.139. The molecule has 2 aliphatic heterocycles. The van der Waals surface area contributed by atoms with Crippen molar-refractivity contribution >= 4 is 19.0 Å². The van der Waals surface area contributed by atoms with Crippen molar-refractivity contribution in [2.24, 2.45) is 0 Å². The number of phenols is 1. The van der Waals surface area contributed by atoms with Gasteiger partial charge in [-0.05, 0) is 42.1 Å². The molecule has 0 aromatic heterocycles. The number of aromatic hydroxyl groups is 1. The third-order valence-electron chi connectivity index (χ3n) is 5.12. The largest absolute Gasteiger partial charge is 0.535 e. The summed E-state index contributed by atoms with van der Waals surface area (Å²) in [5, 5.41) is 28.6. The number of aromatic carboxylic acids is 1. The molecular formula is C20H20BNO7. The lowest BCUT2D eigenvalue weighted by atomic mass is 9.78. The quantitative estimate of drug-likeness (QED) is 0.652. The predicted octanol–water partition coefficient (Wildman–Crippen LogP) is 1.34. The van der Waals surface area contributed by atoms with Crippen LogP contribution in [-0.2, 0) is 17.6 Å². The molecule has 0 aliphatic carbocycles. The Kier molecular flexibility index (Phi) is 5.06. The maximum atomic E-state index is 12.3. The fourth-order valence-electron chi connectivity index (χ4n) is 3.51. The number of carbonyl (C=O) groups is 2. The highest BCUT2D eigenvalue weighted by molar-refractivity contribution is 6.44. The Morgan fingerprint density at radius 1 is 1.17 bits per heavy atom. The van der Waals surface area contributed by atoms with Crippen molar-refractivity contribution < 1.29 is 34.2 Å². The maximum absolute atomic E-state index is 12.3. The summed E-state index contributed by atoms with van der Waals surface area (Å²) in [4.78, 5) is 25.7. The molecule has 0 saturated carbocycles. The second-order valence-electron chi connectivity index (χ2n) is 7.23. The van der Waals surface area contributed by atoms with Gasteiger partial charge in [0.15, 0.2) is 0 Å². The molecule has 3 N–H and O–H groups in total. The first-order valence-corrected chi connectivity index (χ1v) is 9.37. The number of benzene rings is 2. The molecule has 29 heavy (non-hydrogen) atoms. The van der Waals surface area contributed by atoms with Gasteiger partial charge >= 0.3 is 13.1 Å². The van der Waals surface area contributed by atoms with E-state index in [-0.39, 0.29) is 41.2 Å². The second-order valence-corrected chi connectivity index (χ2v) is 7.23. The number of fused-ring (bicyclic) bond motifs is 1. The zero-order valence-electron chi connectivity index (χ0n) is 15.6. The van der Waals surface area contributed by atoms with E-state index in [1.54, 1.807) is 29.2 Å². The minimum atomic E-state index is -1.19. The van der Waals surface area contributed by atoms with Gasteiger partial charge in [-0.2, -0.15) is 0 Å². The summed E-state index contributed by atoms with van der Waals surface area (Å²) >= 11 is 0. The lowest BCUT2D eigenvalue weighted by Crippen LogP contribution is -2.56. The van der Waals surface area contributed by atoms with Gasteiger partial charge in [0, 0.05) is 0 Å². The summed E-state index contributed by atoms with van der Waals surface area (Å²) in [5.74, 6) is -0.792. The van der Waals surface area contributed by atoms with Gasteiger partial charge in [0.1, 0.15) is 28.9 Å². The Hall–Kier alpha value is -3.20. The molecule has 2 aromatic carbocycles. The number of aryl methyl sites for hydroxylation is 1. The van der Waals surface area contributed by atoms with E-state index in [1.807, 2.05) is 0 Å². The van der Waals surface area contributed by atoms with Gasteiger partial charge in [-0.3, -0.25) is 4.79 Å². The molecule has 0 bridgehead atoms. The third kappa shape index (κ3) is 4.00. The number of amides is 1. The van der Waals surface area contributed by atoms with E-state index in [1.165, 1.54) is 12.1 Å². The SMILES string of the molecule is O=C(O)c1c(OC2CN(C(=O)Cc3ccc(O)cc3)C2)ccc2c1OB(O)CC2. The van der Waals surface area contributed by atoms with E-state index in [0.717, 1.165) is 11.1 Å². The van der Waals surface area contributed by atoms with Crippen LogP contribution in [0, 0.1) is 0 Å². The molecule has 9 heteroatoms. The number of carboxylic acids is 1. The number of hydrogen-bond acceptors (Lipinski definition) is 6. The number of carbonyl (C=O) groups excluding carboxylic acids is 1. The highest BCUT2D eigenvalue weighted by Gasteiger charge is 2.35. The molecule has 8 nitrogen and oxygen atoms in total.